The van der Waals surface area contributed by atoms with E-state index in [4.69, 9.17) is 4.42 Å². The largest absolute Gasteiger partial charge is 0.464 e. The minimum atomic E-state index is -1.18. The van der Waals surface area contributed by atoms with Gasteiger partial charge in [-0.25, -0.2) is 8.78 Å². The number of anilines is 1. The standard InChI is InChI=1S/C15H14F2N2O4/c1-8-2-5-13(23-8)12(20)7-18-14(21)15(22)19-11-6-9(16)3-4-10(11)17/h2-6,12,20H,7H2,1H3,(H,18,21)(H,19,22). The minimum Gasteiger partial charge on any atom is -0.464 e. The van der Waals surface area contributed by atoms with Gasteiger partial charge in [0.2, 0.25) is 0 Å². The average molecular weight is 324 g/mol. The molecule has 2 amide bonds. The number of aliphatic hydroxyl groups excluding tert-OH is 1. The molecule has 0 saturated carbocycles. The lowest BCUT2D eigenvalue weighted by Crippen LogP contribution is -2.37. The van der Waals surface area contributed by atoms with Crippen LogP contribution >= 0.6 is 0 Å². The van der Waals surface area contributed by atoms with Crippen molar-refractivity contribution in [3.63, 3.8) is 0 Å². The van der Waals surface area contributed by atoms with E-state index in [1.54, 1.807) is 13.0 Å². The number of aliphatic hydroxyl groups is 1. The fourth-order valence-corrected chi connectivity index (χ4v) is 1.78. The lowest BCUT2D eigenvalue weighted by Gasteiger charge is -2.10. The summed E-state index contributed by atoms with van der Waals surface area (Å²) in [4.78, 5) is 23.2. The number of furan rings is 1. The van der Waals surface area contributed by atoms with Crippen molar-refractivity contribution in [1.29, 1.82) is 0 Å². The second-order valence-corrected chi connectivity index (χ2v) is 4.75. The molecule has 122 valence electrons. The van der Waals surface area contributed by atoms with Gasteiger partial charge < -0.3 is 20.2 Å². The predicted molar refractivity (Wildman–Crippen MR) is 76.4 cm³/mol. The number of aryl methyl sites for hydroxylation is 1. The fraction of sp³-hybridized carbons (Fsp3) is 0.200. The van der Waals surface area contributed by atoms with Crippen LogP contribution in [0.5, 0.6) is 0 Å². The van der Waals surface area contributed by atoms with E-state index in [-0.39, 0.29) is 12.3 Å². The minimum absolute atomic E-state index is 0.236. The third-order valence-corrected chi connectivity index (χ3v) is 2.93. The molecule has 1 unspecified atom stereocenters. The third kappa shape index (κ3) is 4.36. The van der Waals surface area contributed by atoms with Crippen LogP contribution in [0, 0.1) is 18.6 Å². The van der Waals surface area contributed by atoms with Crippen LogP contribution in [0.25, 0.3) is 0 Å². The summed E-state index contributed by atoms with van der Waals surface area (Å²) < 4.78 is 31.5. The van der Waals surface area contributed by atoms with Crippen molar-refractivity contribution in [2.24, 2.45) is 0 Å². The number of carbonyl (C=O) groups is 2. The Bertz CT molecular complexity index is 730. The van der Waals surface area contributed by atoms with E-state index in [1.165, 1.54) is 6.07 Å². The van der Waals surface area contributed by atoms with E-state index < -0.39 is 35.2 Å². The van der Waals surface area contributed by atoms with Gasteiger partial charge in [-0.15, -0.1) is 0 Å². The molecular weight excluding hydrogens is 310 g/mol. The van der Waals surface area contributed by atoms with Gasteiger partial charge in [-0.05, 0) is 31.2 Å². The summed E-state index contributed by atoms with van der Waals surface area (Å²) in [6.07, 6.45) is -1.13. The van der Waals surface area contributed by atoms with Crippen LogP contribution in [0.2, 0.25) is 0 Å². The summed E-state index contributed by atoms with van der Waals surface area (Å²) >= 11 is 0. The summed E-state index contributed by atoms with van der Waals surface area (Å²) in [7, 11) is 0. The van der Waals surface area contributed by atoms with Gasteiger partial charge >= 0.3 is 11.8 Å². The molecule has 2 aromatic rings. The Hall–Kier alpha value is -2.74. The van der Waals surface area contributed by atoms with E-state index in [1.807, 2.05) is 5.32 Å². The Morgan fingerprint density at radius 1 is 1.22 bits per heavy atom. The van der Waals surface area contributed by atoms with Crippen molar-refractivity contribution in [2.75, 3.05) is 11.9 Å². The highest BCUT2D eigenvalue weighted by atomic mass is 19.1. The highest BCUT2D eigenvalue weighted by Crippen LogP contribution is 2.16. The second kappa shape index (κ2) is 7.01. The van der Waals surface area contributed by atoms with Crippen LogP contribution in [0.3, 0.4) is 0 Å². The number of nitrogens with one attached hydrogen (secondary N) is 2. The Morgan fingerprint density at radius 2 is 1.96 bits per heavy atom. The summed E-state index contributed by atoms with van der Waals surface area (Å²) in [5.41, 5.74) is -0.452. The van der Waals surface area contributed by atoms with E-state index >= 15 is 0 Å². The molecule has 6 nitrogen and oxygen atoms in total. The third-order valence-electron chi connectivity index (χ3n) is 2.93. The average Bonchev–Trinajstić information content (AvgIpc) is 2.94. The first-order valence-corrected chi connectivity index (χ1v) is 6.65. The first-order valence-electron chi connectivity index (χ1n) is 6.65. The number of rotatable bonds is 4. The maximum absolute atomic E-state index is 13.4. The van der Waals surface area contributed by atoms with Gasteiger partial charge in [0.25, 0.3) is 0 Å². The maximum Gasteiger partial charge on any atom is 0.313 e. The first kappa shape index (κ1) is 16.6. The van der Waals surface area contributed by atoms with Gasteiger partial charge in [0.1, 0.15) is 29.3 Å². The number of hydrogen-bond acceptors (Lipinski definition) is 4. The molecule has 0 aliphatic rings. The highest BCUT2D eigenvalue weighted by molar-refractivity contribution is 6.39. The van der Waals surface area contributed by atoms with Gasteiger partial charge in [-0.1, -0.05) is 0 Å². The zero-order valence-corrected chi connectivity index (χ0v) is 12.1. The van der Waals surface area contributed by atoms with Crippen LogP contribution in [0.15, 0.2) is 34.7 Å². The zero-order chi connectivity index (χ0) is 17.0. The van der Waals surface area contributed by atoms with Crippen LogP contribution < -0.4 is 10.6 Å². The fourth-order valence-electron chi connectivity index (χ4n) is 1.78. The number of amides is 2. The van der Waals surface area contributed by atoms with Crippen molar-refractivity contribution in [2.45, 2.75) is 13.0 Å². The molecule has 1 aromatic heterocycles. The zero-order valence-electron chi connectivity index (χ0n) is 12.1. The SMILES string of the molecule is Cc1ccc(C(O)CNC(=O)C(=O)Nc2cc(F)ccc2F)o1. The van der Waals surface area contributed by atoms with E-state index in [9.17, 15) is 23.5 Å². The number of hydrogen-bond donors (Lipinski definition) is 3. The van der Waals surface area contributed by atoms with Gasteiger partial charge in [0, 0.05) is 6.07 Å². The van der Waals surface area contributed by atoms with Gasteiger partial charge in [-0.3, -0.25) is 9.59 Å². The second-order valence-electron chi connectivity index (χ2n) is 4.75. The molecular formula is C15H14F2N2O4. The molecule has 0 radical (unpaired) electrons. The molecule has 0 aliphatic carbocycles. The van der Waals surface area contributed by atoms with Crippen molar-refractivity contribution < 1.29 is 27.9 Å². The number of benzene rings is 1. The molecule has 1 atom stereocenters. The Balaban J connectivity index is 1.90. The van der Waals surface area contributed by atoms with Crippen LogP contribution in [-0.2, 0) is 9.59 Å². The van der Waals surface area contributed by atoms with Gasteiger partial charge in [0.15, 0.2) is 0 Å². The van der Waals surface area contributed by atoms with Crippen molar-refractivity contribution in [1.82, 2.24) is 5.32 Å². The van der Waals surface area contributed by atoms with Gasteiger partial charge in [-0.2, -0.15) is 0 Å². The quantitative estimate of drug-likeness (QED) is 0.746. The molecule has 2 rings (SSSR count). The van der Waals surface area contributed by atoms with Gasteiger partial charge in [0.05, 0.1) is 12.2 Å². The summed E-state index contributed by atoms with van der Waals surface area (Å²) in [6, 6.07) is 5.63. The van der Waals surface area contributed by atoms with Crippen molar-refractivity contribution >= 4 is 17.5 Å². The molecule has 0 bridgehead atoms. The molecule has 1 aromatic carbocycles. The topological polar surface area (TPSA) is 91.6 Å². The highest BCUT2D eigenvalue weighted by Gasteiger charge is 2.18. The predicted octanol–water partition coefficient (Wildman–Crippen LogP) is 1.65. The summed E-state index contributed by atoms with van der Waals surface area (Å²) in [5.74, 6) is -3.10. The monoisotopic (exact) mass is 324 g/mol. The first-order chi connectivity index (χ1) is 10.9. The molecule has 23 heavy (non-hydrogen) atoms. The number of carbonyl (C=O) groups excluding carboxylic acids is 2. The Morgan fingerprint density at radius 3 is 2.61 bits per heavy atom. The lowest BCUT2D eigenvalue weighted by molar-refractivity contribution is -0.136. The molecule has 0 fully saturated rings. The maximum atomic E-state index is 13.4. The van der Waals surface area contributed by atoms with E-state index in [2.05, 4.69) is 5.32 Å². The lowest BCUT2D eigenvalue weighted by atomic mass is 10.2. The van der Waals surface area contributed by atoms with Crippen molar-refractivity contribution in [3.8, 4) is 0 Å². The Labute approximate surface area is 130 Å². The van der Waals surface area contributed by atoms with Crippen LogP contribution in [0.1, 0.15) is 17.6 Å². The molecule has 0 aliphatic heterocycles. The molecule has 0 saturated heterocycles. The summed E-state index contributed by atoms with van der Waals surface area (Å²) in [6.45, 7) is 1.42. The number of halogens is 2. The van der Waals surface area contributed by atoms with E-state index in [0.29, 0.717) is 5.76 Å². The summed E-state index contributed by atoms with van der Waals surface area (Å²) in [5, 5.41) is 13.9. The van der Waals surface area contributed by atoms with Crippen LogP contribution in [0.4, 0.5) is 14.5 Å². The smallest absolute Gasteiger partial charge is 0.313 e. The normalized spacial score (nSPS) is 11.8. The van der Waals surface area contributed by atoms with Crippen LogP contribution in [-0.4, -0.2) is 23.5 Å². The van der Waals surface area contributed by atoms with Crippen molar-refractivity contribution in [3.05, 3.63) is 53.5 Å². The molecule has 3 N–H and O–H groups in total. The Kier molecular flexibility index (Phi) is 5.07. The molecule has 0 spiro atoms. The molecule has 1 heterocycles. The molecule has 8 heteroatoms. The van der Waals surface area contributed by atoms with E-state index in [0.717, 1.165) is 18.2 Å².